The Labute approximate surface area is 239 Å². The molecule has 12 nitrogen and oxygen atoms in total. The number of halogens is 2. The molecule has 3 amide bonds. The van der Waals surface area contributed by atoms with Crippen LogP contribution in [0.5, 0.6) is 11.5 Å². The van der Waals surface area contributed by atoms with Crippen molar-refractivity contribution in [3.63, 3.8) is 0 Å². The Morgan fingerprint density at radius 2 is 1.64 bits per heavy atom. The lowest BCUT2D eigenvalue weighted by Crippen LogP contribution is -2.46. The van der Waals surface area contributed by atoms with Gasteiger partial charge < -0.3 is 24.5 Å². The molecular weight excluding hydrogens is 558 g/mol. The van der Waals surface area contributed by atoms with E-state index >= 15 is 0 Å². The number of hydrogen-bond acceptors (Lipinski definition) is 8. The molecule has 224 valence electrons. The summed E-state index contributed by atoms with van der Waals surface area (Å²) in [5.74, 6) is -2.57. The van der Waals surface area contributed by atoms with Crippen molar-refractivity contribution in [1.82, 2.24) is 15.9 Å². The summed E-state index contributed by atoms with van der Waals surface area (Å²) >= 11 is 0. The summed E-state index contributed by atoms with van der Waals surface area (Å²) in [6, 6.07) is 16.1. The van der Waals surface area contributed by atoms with Crippen LogP contribution >= 0.6 is 0 Å². The lowest BCUT2D eigenvalue weighted by Gasteiger charge is -2.22. The number of alkyl halides is 2. The molecule has 1 aromatic heterocycles. The standard InChI is InChI=1S/C28H30F2N4O8/c1-17(2)13-23(26(36)32-19-10-11-21-22(14-19)40-28(29,30)39-21)41-34-27(37)24(16-38-15-18-7-4-3-5-8-18)42-33-25(35)20-9-6-12-31-20/h3-12,14,17,23-24,31H,13,15-16H2,1-2H3,(H,32,36)(H,33,35)(H,34,37)/t23-,24+/m0/s1. The topological polar surface area (TPSA) is 149 Å². The van der Waals surface area contributed by atoms with Crippen LogP contribution in [0.25, 0.3) is 0 Å². The average molecular weight is 589 g/mol. The summed E-state index contributed by atoms with van der Waals surface area (Å²) < 4.78 is 41.1. The van der Waals surface area contributed by atoms with Gasteiger partial charge in [-0.3, -0.25) is 24.1 Å². The number of nitrogens with one attached hydrogen (secondary N) is 4. The predicted octanol–water partition coefficient (Wildman–Crippen LogP) is 3.68. The highest BCUT2D eigenvalue weighted by Crippen LogP contribution is 2.42. The van der Waals surface area contributed by atoms with Gasteiger partial charge in [-0.15, -0.1) is 8.78 Å². The van der Waals surface area contributed by atoms with E-state index in [4.69, 9.17) is 14.4 Å². The van der Waals surface area contributed by atoms with Crippen LogP contribution in [0.2, 0.25) is 0 Å². The van der Waals surface area contributed by atoms with Gasteiger partial charge in [-0.25, -0.2) is 11.0 Å². The fourth-order valence-corrected chi connectivity index (χ4v) is 3.75. The second kappa shape index (κ2) is 13.9. The molecule has 0 fully saturated rings. The van der Waals surface area contributed by atoms with Crippen molar-refractivity contribution >= 4 is 23.4 Å². The molecule has 4 N–H and O–H groups in total. The number of rotatable bonds is 14. The Morgan fingerprint density at radius 1 is 0.905 bits per heavy atom. The normalized spacial score (nSPS) is 14.7. The van der Waals surface area contributed by atoms with Crippen molar-refractivity contribution < 1.29 is 47.1 Å². The Kier molecular flexibility index (Phi) is 10.1. The molecule has 0 spiro atoms. The minimum absolute atomic E-state index is 0.0329. The van der Waals surface area contributed by atoms with E-state index < -0.39 is 36.2 Å². The van der Waals surface area contributed by atoms with Gasteiger partial charge in [0.25, 0.3) is 17.7 Å². The molecular formula is C28H30F2N4O8. The lowest BCUT2D eigenvalue weighted by molar-refractivity contribution is -0.286. The lowest BCUT2D eigenvalue weighted by atomic mass is 10.1. The molecule has 0 unspecified atom stereocenters. The van der Waals surface area contributed by atoms with Crippen LogP contribution in [0.15, 0.2) is 66.9 Å². The first-order valence-corrected chi connectivity index (χ1v) is 13.0. The number of fused-ring (bicyclic) bond motifs is 1. The first kappa shape index (κ1) is 30.4. The Hall–Kier alpha value is -4.53. The summed E-state index contributed by atoms with van der Waals surface area (Å²) in [6.45, 7) is 3.58. The molecule has 14 heteroatoms. The summed E-state index contributed by atoms with van der Waals surface area (Å²) in [7, 11) is 0. The molecule has 0 bridgehead atoms. The third kappa shape index (κ3) is 8.73. The molecule has 0 aliphatic carbocycles. The summed E-state index contributed by atoms with van der Waals surface area (Å²) in [5.41, 5.74) is 5.60. The fourth-order valence-electron chi connectivity index (χ4n) is 3.75. The maximum absolute atomic E-state index is 13.3. The Bertz CT molecular complexity index is 1360. The molecule has 0 saturated heterocycles. The van der Waals surface area contributed by atoms with E-state index in [1.165, 1.54) is 24.3 Å². The van der Waals surface area contributed by atoms with E-state index in [-0.39, 0.29) is 48.4 Å². The first-order chi connectivity index (χ1) is 20.1. The minimum Gasteiger partial charge on any atom is -0.395 e. The predicted molar refractivity (Wildman–Crippen MR) is 143 cm³/mol. The van der Waals surface area contributed by atoms with Gasteiger partial charge in [-0.1, -0.05) is 44.2 Å². The highest BCUT2D eigenvalue weighted by Gasteiger charge is 2.43. The van der Waals surface area contributed by atoms with Crippen LogP contribution in [-0.4, -0.2) is 47.8 Å². The maximum Gasteiger partial charge on any atom is 0.586 e. The van der Waals surface area contributed by atoms with Gasteiger partial charge in [0.2, 0.25) is 0 Å². The number of aromatic nitrogens is 1. The number of anilines is 1. The van der Waals surface area contributed by atoms with E-state index in [0.29, 0.717) is 0 Å². The van der Waals surface area contributed by atoms with E-state index in [9.17, 15) is 23.2 Å². The van der Waals surface area contributed by atoms with Crippen molar-refractivity contribution in [3.05, 3.63) is 78.1 Å². The number of ether oxygens (including phenoxy) is 3. The SMILES string of the molecule is CC(C)C[C@H](ONC(=O)[C@@H](COCc1ccccc1)ONC(=O)c1ccc[nH]1)C(=O)Nc1ccc2c(c1)OC(F)(F)O2. The molecule has 1 aliphatic rings. The van der Waals surface area contributed by atoms with Gasteiger partial charge in [0, 0.05) is 18.0 Å². The average Bonchev–Trinajstić information content (AvgIpc) is 3.59. The summed E-state index contributed by atoms with van der Waals surface area (Å²) in [6.07, 6.45) is -4.60. The monoisotopic (exact) mass is 588 g/mol. The first-order valence-electron chi connectivity index (χ1n) is 13.0. The van der Waals surface area contributed by atoms with Crippen LogP contribution in [0.3, 0.4) is 0 Å². The van der Waals surface area contributed by atoms with Crippen LogP contribution in [0.4, 0.5) is 14.5 Å². The van der Waals surface area contributed by atoms with Gasteiger partial charge in [0.1, 0.15) is 5.69 Å². The third-order valence-electron chi connectivity index (χ3n) is 5.76. The van der Waals surface area contributed by atoms with Gasteiger partial charge in [0.15, 0.2) is 23.7 Å². The summed E-state index contributed by atoms with van der Waals surface area (Å²) in [5, 5.41) is 2.55. The Balaban J connectivity index is 1.37. The van der Waals surface area contributed by atoms with Crippen LogP contribution < -0.4 is 25.8 Å². The number of H-pyrrole nitrogens is 1. The number of aromatic amines is 1. The molecule has 4 rings (SSSR count). The van der Waals surface area contributed by atoms with E-state index in [1.54, 1.807) is 12.3 Å². The number of carbonyl (C=O) groups is 3. The summed E-state index contributed by atoms with van der Waals surface area (Å²) in [4.78, 5) is 51.8. The Morgan fingerprint density at radius 3 is 2.36 bits per heavy atom. The molecule has 2 atom stereocenters. The largest absolute Gasteiger partial charge is 0.586 e. The van der Waals surface area contributed by atoms with Gasteiger partial charge in [-0.2, -0.15) is 0 Å². The number of carbonyl (C=O) groups excluding carboxylic acids is 3. The van der Waals surface area contributed by atoms with Crippen molar-refractivity contribution in [2.75, 3.05) is 11.9 Å². The number of benzene rings is 2. The quantitative estimate of drug-likeness (QED) is 0.209. The highest BCUT2D eigenvalue weighted by molar-refractivity contribution is 5.94. The van der Waals surface area contributed by atoms with E-state index in [1.807, 2.05) is 44.2 Å². The van der Waals surface area contributed by atoms with Gasteiger partial charge >= 0.3 is 6.29 Å². The number of hydrogen-bond donors (Lipinski definition) is 4. The minimum atomic E-state index is -3.80. The van der Waals surface area contributed by atoms with Crippen LogP contribution in [0, 0.1) is 5.92 Å². The molecule has 2 heterocycles. The van der Waals surface area contributed by atoms with E-state index in [0.717, 1.165) is 5.56 Å². The number of amides is 3. The molecule has 3 aromatic rings. The molecule has 2 aromatic carbocycles. The van der Waals surface area contributed by atoms with Crippen molar-refractivity contribution in [1.29, 1.82) is 0 Å². The van der Waals surface area contributed by atoms with Crippen LogP contribution in [-0.2, 0) is 30.6 Å². The van der Waals surface area contributed by atoms with Crippen LogP contribution in [0.1, 0.15) is 36.3 Å². The van der Waals surface area contributed by atoms with Crippen molar-refractivity contribution in [2.24, 2.45) is 5.92 Å². The third-order valence-corrected chi connectivity index (χ3v) is 5.76. The highest BCUT2D eigenvalue weighted by atomic mass is 19.3. The maximum atomic E-state index is 13.3. The fraction of sp³-hybridized carbons (Fsp3) is 0.321. The second-order valence-corrected chi connectivity index (χ2v) is 9.64. The number of hydroxylamine groups is 2. The van der Waals surface area contributed by atoms with Gasteiger partial charge in [-0.05, 0) is 42.2 Å². The zero-order valence-corrected chi connectivity index (χ0v) is 22.7. The van der Waals surface area contributed by atoms with Crippen molar-refractivity contribution in [2.45, 2.75) is 45.4 Å². The zero-order valence-electron chi connectivity index (χ0n) is 22.7. The smallest absolute Gasteiger partial charge is 0.395 e. The zero-order chi connectivity index (χ0) is 30.1. The molecule has 42 heavy (non-hydrogen) atoms. The van der Waals surface area contributed by atoms with E-state index in [2.05, 4.69) is 30.7 Å². The van der Waals surface area contributed by atoms with Crippen molar-refractivity contribution in [3.8, 4) is 11.5 Å². The molecule has 0 radical (unpaired) electrons. The molecule has 1 aliphatic heterocycles. The molecule has 0 saturated carbocycles. The second-order valence-electron chi connectivity index (χ2n) is 9.64. The van der Waals surface area contributed by atoms with Gasteiger partial charge in [0.05, 0.1) is 13.2 Å².